The molecule has 0 aliphatic carbocycles. The standard InChI is InChI=1S/C19H24O6/c20-11-14(21)16(22)18(24)19(25)17(23)15(12-7-3-1-4-8-12)13-9-5-2-6-10-13/h1-10,14-25H,11H2/t14-,16-,17?,18+,19+/m1/s1. The van der Waals surface area contributed by atoms with Crippen molar-refractivity contribution in [1.82, 2.24) is 0 Å². The largest absolute Gasteiger partial charge is 0.394 e. The summed E-state index contributed by atoms with van der Waals surface area (Å²) in [4.78, 5) is 0. The zero-order chi connectivity index (χ0) is 18.4. The molecule has 0 spiro atoms. The molecule has 136 valence electrons. The third-order valence-electron chi connectivity index (χ3n) is 4.29. The molecule has 0 aromatic heterocycles. The van der Waals surface area contributed by atoms with Crippen LogP contribution in [0.25, 0.3) is 0 Å². The Labute approximate surface area is 146 Å². The summed E-state index contributed by atoms with van der Waals surface area (Å²) >= 11 is 0. The summed E-state index contributed by atoms with van der Waals surface area (Å²) in [5.41, 5.74) is 1.45. The number of hydrogen-bond acceptors (Lipinski definition) is 6. The Morgan fingerprint density at radius 2 is 0.960 bits per heavy atom. The average Bonchev–Trinajstić information content (AvgIpc) is 2.67. The molecule has 0 amide bonds. The van der Waals surface area contributed by atoms with Crippen LogP contribution in [-0.2, 0) is 0 Å². The van der Waals surface area contributed by atoms with Crippen molar-refractivity contribution < 1.29 is 30.6 Å². The van der Waals surface area contributed by atoms with Gasteiger partial charge in [0.1, 0.15) is 24.4 Å². The van der Waals surface area contributed by atoms with Gasteiger partial charge in [0.05, 0.1) is 12.7 Å². The first-order valence-electron chi connectivity index (χ1n) is 8.08. The average molecular weight is 348 g/mol. The van der Waals surface area contributed by atoms with E-state index in [0.717, 1.165) is 11.1 Å². The van der Waals surface area contributed by atoms with E-state index in [9.17, 15) is 25.5 Å². The molecule has 2 aromatic carbocycles. The van der Waals surface area contributed by atoms with Crippen molar-refractivity contribution in [1.29, 1.82) is 0 Å². The highest BCUT2D eigenvalue weighted by atomic mass is 16.4. The first-order valence-corrected chi connectivity index (χ1v) is 8.08. The molecular formula is C19H24O6. The highest BCUT2D eigenvalue weighted by molar-refractivity contribution is 5.34. The lowest BCUT2D eigenvalue weighted by Crippen LogP contribution is -2.51. The first kappa shape index (κ1) is 19.5. The normalized spacial score (nSPS) is 17.7. The predicted molar refractivity (Wildman–Crippen MR) is 91.8 cm³/mol. The fourth-order valence-electron chi connectivity index (χ4n) is 2.84. The zero-order valence-electron chi connectivity index (χ0n) is 13.6. The fourth-order valence-corrected chi connectivity index (χ4v) is 2.84. The van der Waals surface area contributed by atoms with Crippen LogP contribution in [-0.4, -0.2) is 67.8 Å². The molecule has 0 fully saturated rings. The second-order valence-corrected chi connectivity index (χ2v) is 6.01. The zero-order valence-corrected chi connectivity index (χ0v) is 13.6. The Bertz CT molecular complexity index is 581. The van der Waals surface area contributed by atoms with Crippen LogP contribution < -0.4 is 0 Å². The van der Waals surface area contributed by atoms with Crippen LogP contribution in [0.3, 0.4) is 0 Å². The molecular weight excluding hydrogens is 324 g/mol. The summed E-state index contributed by atoms with van der Waals surface area (Å²) in [6, 6.07) is 18.0. The van der Waals surface area contributed by atoms with Crippen molar-refractivity contribution in [2.75, 3.05) is 6.61 Å². The molecule has 6 nitrogen and oxygen atoms in total. The molecule has 6 heteroatoms. The van der Waals surface area contributed by atoms with Gasteiger partial charge in [-0.2, -0.15) is 0 Å². The summed E-state index contributed by atoms with van der Waals surface area (Å²) in [7, 11) is 0. The van der Waals surface area contributed by atoms with Crippen molar-refractivity contribution in [3.05, 3.63) is 71.8 Å². The van der Waals surface area contributed by atoms with E-state index in [4.69, 9.17) is 5.11 Å². The summed E-state index contributed by atoms with van der Waals surface area (Å²) < 4.78 is 0. The van der Waals surface area contributed by atoms with E-state index in [0.29, 0.717) is 0 Å². The van der Waals surface area contributed by atoms with Gasteiger partial charge in [0, 0.05) is 5.92 Å². The minimum absolute atomic E-state index is 0.648. The van der Waals surface area contributed by atoms with Gasteiger partial charge in [-0.25, -0.2) is 0 Å². The Balaban J connectivity index is 2.31. The van der Waals surface area contributed by atoms with E-state index in [2.05, 4.69) is 0 Å². The van der Waals surface area contributed by atoms with Crippen molar-refractivity contribution in [3.63, 3.8) is 0 Å². The van der Waals surface area contributed by atoms with E-state index in [-0.39, 0.29) is 0 Å². The second-order valence-electron chi connectivity index (χ2n) is 6.01. The molecule has 0 saturated heterocycles. The Morgan fingerprint density at radius 3 is 1.36 bits per heavy atom. The SMILES string of the molecule is OC[C@@H](O)[C@@H](O)[C@H](O)[C@@H](O)C(O)C(c1ccccc1)c1ccccc1. The van der Waals surface area contributed by atoms with Gasteiger partial charge >= 0.3 is 0 Å². The quantitative estimate of drug-likeness (QED) is 0.387. The summed E-state index contributed by atoms with van der Waals surface area (Å²) in [5, 5.41) is 59.2. The molecule has 2 aromatic rings. The topological polar surface area (TPSA) is 121 Å². The van der Waals surface area contributed by atoms with E-state index < -0.39 is 43.0 Å². The highest BCUT2D eigenvalue weighted by Gasteiger charge is 2.38. The van der Waals surface area contributed by atoms with Crippen LogP contribution in [0.15, 0.2) is 60.7 Å². The molecule has 0 aliphatic rings. The van der Waals surface area contributed by atoms with E-state index in [1.54, 1.807) is 48.5 Å². The monoisotopic (exact) mass is 348 g/mol. The number of benzene rings is 2. The summed E-state index contributed by atoms with van der Waals surface area (Å²) in [6.07, 6.45) is -8.42. The van der Waals surface area contributed by atoms with Gasteiger partial charge in [0.15, 0.2) is 0 Å². The molecule has 0 radical (unpaired) electrons. The van der Waals surface area contributed by atoms with E-state index in [1.165, 1.54) is 0 Å². The lowest BCUT2D eigenvalue weighted by atomic mass is 9.82. The van der Waals surface area contributed by atoms with Gasteiger partial charge < -0.3 is 30.6 Å². The van der Waals surface area contributed by atoms with Crippen LogP contribution in [0.5, 0.6) is 0 Å². The second kappa shape index (κ2) is 9.05. The maximum absolute atomic E-state index is 10.7. The fraction of sp³-hybridized carbons (Fsp3) is 0.368. The minimum Gasteiger partial charge on any atom is -0.394 e. The molecule has 0 bridgehead atoms. The number of hydrogen-bond donors (Lipinski definition) is 6. The minimum atomic E-state index is -1.83. The molecule has 2 rings (SSSR count). The first-order chi connectivity index (χ1) is 12.0. The molecule has 5 atom stereocenters. The highest BCUT2D eigenvalue weighted by Crippen LogP contribution is 2.30. The maximum Gasteiger partial charge on any atom is 0.111 e. The van der Waals surface area contributed by atoms with Crippen molar-refractivity contribution >= 4 is 0 Å². The number of rotatable bonds is 8. The van der Waals surface area contributed by atoms with Gasteiger partial charge in [-0.15, -0.1) is 0 Å². The lowest BCUT2D eigenvalue weighted by Gasteiger charge is -2.33. The molecule has 1 unspecified atom stereocenters. The molecule has 6 N–H and O–H groups in total. The number of aliphatic hydroxyl groups is 6. The van der Waals surface area contributed by atoms with Gasteiger partial charge in [-0.05, 0) is 11.1 Å². The predicted octanol–water partition coefficient (Wildman–Crippen LogP) is -0.385. The van der Waals surface area contributed by atoms with Crippen LogP contribution in [0, 0.1) is 0 Å². The third kappa shape index (κ3) is 4.64. The molecule has 25 heavy (non-hydrogen) atoms. The molecule has 0 saturated carbocycles. The van der Waals surface area contributed by atoms with Gasteiger partial charge in [-0.3, -0.25) is 0 Å². The Morgan fingerprint density at radius 1 is 0.560 bits per heavy atom. The number of aliphatic hydroxyl groups excluding tert-OH is 6. The maximum atomic E-state index is 10.7. The van der Waals surface area contributed by atoms with Gasteiger partial charge in [0.25, 0.3) is 0 Å². The van der Waals surface area contributed by atoms with E-state index >= 15 is 0 Å². The third-order valence-corrected chi connectivity index (χ3v) is 4.29. The molecule has 0 heterocycles. The Kier molecular flexibility index (Phi) is 7.07. The van der Waals surface area contributed by atoms with Crippen molar-refractivity contribution in [2.24, 2.45) is 0 Å². The van der Waals surface area contributed by atoms with E-state index in [1.807, 2.05) is 12.1 Å². The van der Waals surface area contributed by atoms with Crippen LogP contribution in [0.1, 0.15) is 17.0 Å². The summed E-state index contributed by atoms with van der Waals surface area (Å²) in [5.74, 6) is -0.648. The Hall–Kier alpha value is -1.80. The molecule has 0 aliphatic heterocycles. The van der Waals surface area contributed by atoms with Gasteiger partial charge in [-0.1, -0.05) is 60.7 Å². The van der Waals surface area contributed by atoms with Crippen molar-refractivity contribution in [2.45, 2.75) is 36.4 Å². The van der Waals surface area contributed by atoms with Crippen molar-refractivity contribution in [3.8, 4) is 0 Å². The summed E-state index contributed by atoms with van der Waals surface area (Å²) in [6.45, 7) is -0.776. The van der Waals surface area contributed by atoms with Crippen LogP contribution >= 0.6 is 0 Å². The lowest BCUT2D eigenvalue weighted by molar-refractivity contribution is -0.142. The van der Waals surface area contributed by atoms with Crippen LogP contribution in [0.4, 0.5) is 0 Å². The smallest absolute Gasteiger partial charge is 0.111 e. The van der Waals surface area contributed by atoms with Gasteiger partial charge in [0.2, 0.25) is 0 Å². The van der Waals surface area contributed by atoms with Crippen LogP contribution in [0.2, 0.25) is 0 Å².